The first-order valence-corrected chi connectivity index (χ1v) is 8.43. The maximum atomic E-state index is 5.98. The van der Waals surface area contributed by atoms with Gasteiger partial charge in [0.1, 0.15) is 17.3 Å². The second kappa shape index (κ2) is 7.05. The maximum Gasteiger partial charge on any atom is 0.127 e. The Morgan fingerprint density at radius 3 is 2.17 bits per heavy atom. The zero-order valence-electron chi connectivity index (χ0n) is 13.3. The molecule has 3 heteroatoms. The van der Waals surface area contributed by atoms with E-state index < -0.39 is 0 Å². The molecule has 118 valence electrons. The van der Waals surface area contributed by atoms with Gasteiger partial charge in [0.2, 0.25) is 0 Å². The predicted molar refractivity (Wildman–Crippen MR) is 97.6 cm³/mol. The molecule has 0 fully saturated rings. The average Bonchev–Trinajstić information content (AvgIpc) is 2.57. The summed E-state index contributed by atoms with van der Waals surface area (Å²) in [6, 6.07) is 16.1. The van der Waals surface area contributed by atoms with Crippen molar-refractivity contribution in [3.05, 3.63) is 76.5 Å². The summed E-state index contributed by atoms with van der Waals surface area (Å²) in [6.07, 6.45) is 5.13. The third-order valence-electron chi connectivity index (χ3n) is 3.97. The molecule has 0 heterocycles. The summed E-state index contributed by atoms with van der Waals surface area (Å²) in [7, 11) is 1.66. The van der Waals surface area contributed by atoms with Gasteiger partial charge in [0.15, 0.2) is 0 Å². The first-order chi connectivity index (χ1) is 11.2. The van der Waals surface area contributed by atoms with Gasteiger partial charge in [-0.25, -0.2) is 0 Å². The lowest BCUT2D eigenvalue weighted by atomic mass is 9.87. The van der Waals surface area contributed by atoms with Crippen LogP contribution in [0.3, 0.4) is 0 Å². The fourth-order valence-electron chi connectivity index (χ4n) is 2.72. The Morgan fingerprint density at radius 1 is 0.913 bits per heavy atom. The summed E-state index contributed by atoms with van der Waals surface area (Å²) >= 11 is 3.48. The van der Waals surface area contributed by atoms with Crippen molar-refractivity contribution in [2.24, 2.45) is 5.92 Å². The SMILES string of the molecule is COc1ccc(OC2=CC=C(c3ccc(Br)cc3)C(C)C2)cc1. The quantitative estimate of drug-likeness (QED) is 0.672. The van der Waals surface area contributed by atoms with E-state index >= 15 is 0 Å². The van der Waals surface area contributed by atoms with E-state index in [1.54, 1.807) is 7.11 Å². The van der Waals surface area contributed by atoms with Crippen molar-refractivity contribution in [1.82, 2.24) is 0 Å². The molecule has 0 saturated carbocycles. The van der Waals surface area contributed by atoms with Crippen LogP contribution in [0, 0.1) is 5.92 Å². The molecule has 0 aliphatic heterocycles. The summed E-state index contributed by atoms with van der Waals surface area (Å²) in [5.74, 6) is 3.09. The molecule has 1 aliphatic rings. The van der Waals surface area contributed by atoms with Crippen LogP contribution in [0.1, 0.15) is 18.9 Å². The van der Waals surface area contributed by atoms with Gasteiger partial charge in [-0.15, -0.1) is 0 Å². The molecule has 0 aromatic heterocycles. The van der Waals surface area contributed by atoms with Crippen LogP contribution in [-0.4, -0.2) is 7.11 Å². The minimum Gasteiger partial charge on any atom is -0.497 e. The number of benzene rings is 2. The molecule has 3 rings (SSSR count). The first kappa shape index (κ1) is 15.9. The number of hydrogen-bond acceptors (Lipinski definition) is 2. The summed E-state index contributed by atoms with van der Waals surface area (Å²) in [5, 5.41) is 0. The molecule has 2 aromatic carbocycles. The van der Waals surface area contributed by atoms with E-state index in [4.69, 9.17) is 9.47 Å². The van der Waals surface area contributed by atoms with Crippen LogP contribution in [0.2, 0.25) is 0 Å². The lowest BCUT2D eigenvalue weighted by Gasteiger charge is -2.22. The highest BCUT2D eigenvalue weighted by Crippen LogP contribution is 2.33. The van der Waals surface area contributed by atoms with Crippen molar-refractivity contribution in [1.29, 1.82) is 0 Å². The van der Waals surface area contributed by atoms with Gasteiger partial charge in [-0.1, -0.05) is 41.1 Å². The van der Waals surface area contributed by atoms with Crippen LogP contribution < -0.4 is 9.47 Å². The maximum absolute atomic E-state index is 5.98. The number of hydrogen-bond donors (Lipinski definition) is 0. The highest BCUT2D eigenvalue weighted by Gasteiger charge is 2.18. The van der Waals surface area contributed by atoms with Crippen LogP contribution in [-0.2, 0) is 0 Å². The van der Waals surface area contributed by atoms with E-state index in [2.05, 4.69) is 59.3 Å². The normalized spacial score (nSPS) is 17.3. The zero-order chi connectivity index (χ0) is 16.2. The highest BCUT2D eigenvalue weighted by atomic mass is 79.9. The standard InChI is InChI=1S/C20H19BrO2/c1-14-13-19(23-18-9-7-17(22-2)8-10-18)11-12-20(14)15-3-5-16(21)6-4-15/h3-12,14H,13H2,1-2H3. The molecular weight excluding hydrogens is 352 g/mol. The molecule has 0 spiro atoms. The number of rotatable bonds is 4. The Morgan fingerprint density at radius 2 is 1.57 bits per heavy atom. The van der Waals surface area contributed by atoms with Crippen molar-refractivity contribution in [3.63, 3.8) is 0 Å². The van der Waals surface area contributed by atoms with Gasteiger partial charge in [0.25, 0.3) is 0 Å². The summed E-state index contributed by atoms with van der Waals surface area (Å²) in [5.41, 5.74) is 2.61. The van der Waals surface area contributed by atoms with Gasteiger partial charge in [0.05, 0.1) is 7.11 Å². The van der Waals surface area contributed by atoms with Crippen LogP contribution in [0.5, 0.6) is 11.5 Å². The second-order valence-electron chi connectivity index (χ2n) is 5.64. The van der Waals surface area contributed by atoms with Crippen LogP contribution in [0.15, 0.2) is 70.9 Å². The molecular formula is C20H19BrO2. The van der Waals surface area contributed by atoms with Gasteiger partial charge in [0, 0.05) is 10.9 Å². The monoisotopic (exact) mass is 370 g/mol. The van der Waals surface area contributed by atoms with E-state index in [9.17, 15) is 0 Å². The van der Waals surface area contributed by atoms with E-state index in [0.717, 1.165) is 28.2 Å². The molecule has 23 heavy (non-hydrogen) atoms. The highest BCUT2D eigenvalue weighted by molar-refractivity contribution is 9.10. The van der Waals surface area contributed by atoms with Gasteiger partial charge in [-0.2, -0.15) is 0 Å². The molecule has 2 aromatic rings. The van der Waals surface area contributed by atoms with E-state index in [0.29, 0.717) is 5.92 Å². The molecule has 1 atom stereocenters. The lowest BCUT2D eigenvalue weighted by molar-refractivity contribution is 0.384. The molecule has 0 saturated heterocycles. The first-order valence-electron chi connectivity index (χ1n) is 7.64. The largest absolute Gasteiger partial charge is 0.497 e. The molecule has 0 amide bonds. The minimum absolute atomic E-state index is 0.425. The Bertz CT molecular complexity index is 727. The third-order valence-corrected chi connectivity index (χ3v) is 4.50. The van der Waals surface area contributed by atoms with Crippen LogP contribution in [0.4, 0.5) is 0 Å². The molecule has 1 unspecified atom stereocenters. The Labute approximate surface area is 145 Å². The second-order valence-corrected chi connectivity index (χ2v) is 6.56. The van der Waals surface area contributed by atoms with Gasteiger partial charge in [-0.3, -0.25) is 0 Å². The van der Waals surface area contributed by atoms with Crippen molar-refractivity contribution < 1.29 is 9.47 Å². The third kappa shape index (κ3) is 3.85. The molecule has 0 bridgehead atoms. The number of ether oxygens (including phenoxy) is 2. The zero-order valence-corrected chi connectivity index (χ0v) is 14.8. The van der Waals surface area contributed by atoms with E-state index in [1.165, 1.54) is 11.1 Å². The van der Waals surface area contributed by atoms with Gasteiger partial charge in [-0.05, 0) is 59.5 Å². The van der Waals surface area contributed by atoms with Crippen LogP contribution >= 0.6 is 15.9 Å². The Kier molecular flexibility index (Phi) is 4.87. The average molecular weight is 371 g/mol. The molecule has 0 radical (unpaired) electrons. The topological polar surface area (TPSA) is 18.5 Å². The fourth-order valence-corrected chi connectivity index (χ4v) is 2.99. The number of methoxy groups -OCH3 is 1. The fraction of sp³-hybridized carbons (Fsp3) is 0.200. The number of halogens is 1. The van der Waals surface area contributed by atoms with Crippen molar-refractivity contribution in [2.45, 2.75) is 13.3 Å². The van der Waals surface area contributed by atoms with E-state index in [1.807, 2.05) is 24.3 Å². The predicted octanol–water partition coefficient (Wildman–Crippen LogP) is 5.84. The van der Waals surface area contributed by atoms with Crippen molar-refractivity contribution in [2.75, 3.05) is 7.11 Å². The summed E-state index contributed by atoms with van der Waals surface area (Å²) in [6.45, 7) is 2.23. The molecule has 1 aliphatic carbocycles. The van der Waals surface area contributed by atoms with Crippen molar-refractivity contribution in [3.8, 4) is 11.5 Å². The Balaban J connectivity index is 1.76. The van der Waals surface area contributed by atoms with Gasteiger partial charge < -0.3 is 9.47 Å². The van der Waals surface area contributed by atoms with Crippen molar-refractivity contribution >= 4 is 21.5 Å². The number of allylic oxidation sites excluding steroid dienone is 4. The minimum atomic E-state index is 0.425. The smallest absolute Gasteiger partial charge is 0.127 e. The summed E-state index contributed by atoms with van der Waals surface area (Å²) in [4.78, 5) is 0. The molecule has 0 N–H and O–H groups in total. The van der Waals surface area contributed by atoms with Crippen LogP contribution in [0.25, 0.3) is 5.57 Å². The lowest BCUT2D eigenvalue weighted by Crippen LogP contribution is -2.08. The van der Waals surface area contributed by atoms with Gasteiger partial charge >= 0.3 is 0 Å². The molecule has 2 nitrogen and oxygen atoms in total. The van der Waals surface area contributed by atoms with E-state index in [-0.39, 0.29) is 0 Å². The Hall–Kier alpha value is -2.00. The summed E-state index contributed by atoms with van der Waals surface area (Å²) < 4.78 is 12.2.